The van der Waals surface area contributed by atoms with Crippen LogP contribution in [0.5, 0.6) is 0 Å². The third-order valence-corrected chi connectivity index (χ3v) is 4.59. The number of nitriles is 1. The number of rotatable bonds is 5. The third-order valence-electron chi connectivity index (χ3n) is 3.58. The van der Waals surface area contributed by atoms with E-state index in [2.05, 4.69) is 16.0 Å². The second-order valence-corrected chi connectivity index (χ2v) is 6.15. The fourth-order valence-corrected chi connectivity index (χ4v) is 3.47. The number of aromatic nitrogens is 1. The van der Waals surface area contributed by atoms with Gasteiger partial charge in [0.25, 0.3) is 0 Å². The normalized spacial score (nSPS) is 20.7. The Bertz CT molecular complexity index is 734. The van der Waals surface area contributed by atoms with Crippen LogP contribution in [0.15, 0.2) is 40.1 Å². The minimum Gasteiger partial charge on any atom is -0.369 e. The summed E-state index contributed by atoms with van der Waals surface area (Å²) in [6.45, 7) is 3.26. The molecule has 2 rings (SSSR count). The molecule has 0 bridgehead atoms. The van der Waals surface area contributed by atoms with Crippen molar-refractivity contribution in [1.82, 2.24) is 4.98 Å². The molecule has 1 amide bonds. The Hall–Kier alpha value is -2.46. The molecule has 1 aliphatic heterocycles. The molecule has 118 valence electrons. The molecule has 1 aliphatic rings. The summed E-state index contributed by atoms with van der Waals surface area (Å²) in [5.74, 6) is -1.43. The van der Waals surface area contributed by atoms with Crippen LogP contribution in [0, 0.1) is 17.2 Å². The first-order valence-corrected chi connectivity index (χ1v) is 7.95. The maximum atomic E-state index is 12.1. The molecule has 7 heteroatoms. The van der Waals surface area contributed by atoms with Crippen LogP contribution in [0.25, 0.3) is 0 Å². The molecular formula is C16H16N4O2S. The number of Topliss-reactive ketones (excluding diaryl/α,β-unsaturated/α-hetero) is 1. The van der Waals surface area contributed by atoms with Gasteiger partial charge in [-0.3, -0.25) is 14.6 Å². The number of amides is 1. The summed E-state index contributed by atoms with van der Waals surface area (Å²) < 4.78 is 0. The molecule has 0 aliphatic carbocycles. The van der Waals surface area contributed by atoms with Crippen molar-refractivity contribution in [1.29, 1.82) is 5.26 Å². The van der Waals surface area contributed by atoms with Gasteiger partial charge in [-0.25, -0.2) is 4.99 Å². The van der Waals surface area contributed by atoms with Crippen molar-refractivity contribution in [3.05, 3.63) is 40.7 Å². The topological polar surface area (TPSA) is 109 Å². The zero-order valence-corrected chi connectivity index (χ0v) is 13.6. The Morgan fingerprint density at radius 1 is 1.39 bits per heavy atom. The first-order chi connectivity index (χ1) is 11.0. The molecule has 0 saturated heterocycles. The van der Waals surface area contributed by atoms with Crippen molar-refractivity contribution in [2.45, 2.75) is 19.8 Å². The molecule has 0 aromatic carbocycles. The van der Waals surface area contributed by atoms with Gasteiger partial charge < -0.3 is 5.73 Å². The van der Waals surface area contributed by atoms with Gasteiger partial charge in [-0.05, 0) is 31.5 Å². The van der Waals surface area contributed by atoms with Gasteiger partial charge in [-0.2, -0.15) is 5.26 Å². The molecule has 0 fully saturated rings. The predicted octanol–water partition coefficient (Wildman–Crippen LogP) is 1.80. The number of ketones is 1. The fraction of sp³-hybridized carbons (Fsp3) is 0.312. The smallest absolute Gasteiger partial charge is 0.227 e. The van der Waals surface area contributed by atoms with E-state index in [0.717, 1.165) is 17.3 Å². The molecular weight excluding hydrogens is 312 g/mol. The van der Waals surface area contributed by atoms with Gasteiger partial charge in [0.1, 0.15) is 10.8 Å². The van der Waals surface area contributed by atoms with E-state index in [9.17, 15) is 14.9 Å². The maximum Gasteiger partial charge on any atom is 0.227 e. The summed E-state index contributed by atoms with van der Waals surface area (Å²) in [6, 6.07) is 5.73. The highest BCUT2D eigenvalue weighted by atomic mass is 32.2. The van der Waals surface area contributed by atoms with Crippen LogP contribution in [0.3, 0.4) is 0 Å². The highest BCUT2D eigenvalue weighted by Gasteiger charge is 2.37. The summed E-state index contributed by atoms with van der Waals surface area (Å²) in [5, 5.41) is 10.1. The van der Waals surface area contributed by atoms with E-state index >= 15 is 0 Å². The van der Waals surface area contributed by atoms with E-state index in [1.54, 1.807) is 31.5 Å². The number of hydrogen-bond acceptors (Lipinski definition) is 6. The van der Waals surface area contributed by atoms with Crippen LogP contribution in [-0.2, 0) is 9.59 Å². The largest absolute Gasteiger partial charge is 0.369 e. The molecule has 2 unspecified atom stereocenters. The van der Waals surface area contributed by atoms with Gasteiger partial charge in [0.2, 0.25) is 5.91 Å². The Morgan fingerprint density at radius 3 is 2.57 bits per heavy atom. The lowest BCUT2D eigenvalue weighted by Gasteiger charge is -2.29. The van der Waals surface area contributed by atoms with Crippen LogP contribution in [0.2, 0.25) is 0 Å². The van der Waals surface area contributed by atoms with Crippen LogP contribution in [0.1, 0.15) is 25.3 Å². The molecule has 2 N–H and O–H groups in total. The molecule has 6 nitrogen and oxygen atoms in total. The minimum absolute atomic E-state index is 0.0328. The van der Waals surface area contributed by atoms with E-state index in [1.807, 2.05) is 0 Å². The number of thioether (sulfide) groups is 1. The van der Waals surface area contributed by atoms with E-state index in [0.29, 0.717) is 16.3 Å². The zero-order valence-electron chi connectivity index (χ0n) is 12.8. The Balaban J connectivity index is 2.56. The van der Waals surface area contributed by atoms with Gasteiger partial charge in [0, 0.05) is 24.0 Å². The second-order valence-electron chi connectivity index (χ2n) is 5.19. The van der Waals surface area contributed by atoms with Gasteiger partial charge in [0.05, 0.1) is 23.3 Å². The number of nitrogens with zero attached hydrogens (tertiary/aromatic N) is 3. The molecule has 0 radical (unpaired) electrons. The lowest BCUT2D eigenvalue weighted by molar-refractivity contribution is -0.119. The number of allylic oxidation sites excluding steroid dienone is 1. The van der Waals surface area contributed by atoms with Crippen molar-refractivity contribution in [3.8, 4) is 6.07 Å². The molecule has 2 heterocycles. The summed E-state index contributed by atoms with van der Waals surface area (Å²) in [5.41, 5.74) is 7.01. The van der Waals surface area contributed by atoms with Crippen LogP contribution in [-0.4, -0.2) is 28.1 Å². The average molecular weight is 328 g/mol. The average Bonchev–Trinajstić information content (AvgIpc) is 2.52. The van der Waals surface area contributed by atoms with E-state index in [-0.39, 0.29) is 11.5 Å². The Kier molecular flexibility index (Phi) is 5.29. The first kappa shape index (κ1) is 16.9. The van der Waals surface area contributed by atoms with Crippen molar-refractivity contribution < 1.29 is 9.59 Å². The fourth-order valence-electron chi connectivity index (χ4n) is 2.66. The SMILES string of the molecule is CC(=O)C1C(C)=NC(SCC(N)=O)=C(C#N)C1c1ccncc1. The number of aliphatic imine (C=N–C) groups is 1. The zero-order chi connectivity index (χ0) is 17.0. The lowest BCUT2D eigenvalue weighted by Crippen LogP contribution is -2.31. The quantitative estimate of drug-likeness (QED) is 0.886. The second kappa shape index (κ2) is 7.20. The third kappa shape index (κ3) is 3.66. The van der Waals surface area contributed by atoms with Crippen LogP contribution >= 0.6 is 11.8 Å². The molecule has 0 spiro atoms. The van der Waals surface area contributed by atoms with Crippen LogP contribution < -0.4 is 5.73 Å². The van der Waals surface area contributed by atoms with Gasteiger partial charge in [-0.15, -0.1) is 0 Å². The monoisotopic (exact) mass is 328 g/mol. The molecule has 23 heavy (non-hydrogen) atoms. The number of pyridine rings is 1. The van der Waals surface area contributed by atoms with Crippen molar-refractivity contribution in [2.75, 3.05) is 5.75 Å². The van der Waals surface area contributed by atoms with Crippen LogP contribution in [0.4, 0.5) is 0 Å². The summed E-state index contributed by atoms with van der Waals surface area (Å²) in [7, 11) is 0. The predicted molar refractivity (Wildman–Crippen MR) is 88.5 cm³/mol. The first-order valence-electron chi connectivity index (χ1n) is 6.96. The summed E-state index contributed by atoms with van der Waals surface area (Å²) >= 11 is 1.12. The van der Waals surface area contributed by atoms with E-state index in [1.165, 1.54) is 6.92 Å². The van der Waals surface area contributed by atoms with Crippen molar-refractivity contribution in [3.63, 3.8) is 0 Å². The number of primary amides is 1. The number of carbonyl (C=O) groups excluding carboxylic acids is 2. The highest BCUT2D eigenvalue weighted by molar-refractivity contribution is 8.03. The highest BCUT2D eigenvalue weighted by Crippen LogP contribution is 2.41. The summed E-state index contributed by atoms with van der Waals surface area (Å²) in [4.78, 5) is 31.5. The lowest BCUT2D eigenvalue weighted by atomic mass is 9.76. The number of carbonyl (C=O) groups is 2. The van der Waals surface area contributed by atoms with Gasteiger partial charge in [-0.1, -0.05) is 11.8 Å². The Labute approximate surface area is 138 Å². The van der Waals surface area contributed by atoms with Crippen molar-refractivity contribution in [2.24, 2.45) is 16.6 Å². The molecule has 0 saturated carbocycles. The van der Waals surface area contributed by atoms with E-state index < -0.39 is 17.7 Å². The van der Waals surface area contributed by atoms with E-state index in [4.69, 9.17) is 5.73 Å². The van der Waals surface area contributed by atoms with Gasteiger partial charge >= 0.3 is 0 Å². The molecule has 2 atom stereocenters. The molecule has 1 aromatic rings. The summed E-state index contributed by atoms with van der Waals surface area (Å²) in [6.07, 6.45) is 3.25. The maximum absolute atomic E-state index is 12.1. The Morgan fingerprint density at radius 2 is 2.04 bits per heavy atom. The molecule has 1 aromatic heterocycles. The standard InChI is InChI=1S/C16H16N4O2S/c1-9-14(10(2)21)15(11-3-5-19-6-4-11)12(7-17)16(20-9)23-8-13(18)22/h3-6,14-15H,8H2,1-2H3,(H2,18,22). The number of nitrogens with two attached hydrogens (primary N) is 1. The minimum atomic E-state index is -0.495. The van der Waals surface area contributed by atoms with Gasteiger partial charge in [0.15, 0.2) is 0 Å². The van der Waals surface area contributed by atoms with Crippen molar-refractivity contribution >= 4 is 29.2 Å². The number of hydrogen-bond donors (Lipinski definition) is 1.